The van der Waals surface area contributed by atoms with Crippen molar-refractivity contribution >= 4 is 38.8 Å². The fraction of sp³-hybridized carbons (Fsp3) is 0.312. The van der Waals surface area contributed by atoms with Gasteiger partial charge in [-0.2, -0.15) is 0 Å². The van der Waals surface area contributed by atoms with Gasteiger partial charge >= 0.3 is 0 Å². The molecule has 0 fully saturated rings. The Morgan fingerprint density at radius 2 is 2.24 bits per heavy atom. The summed E-state index contributed by atoms with van der Waals surface area (Å²) in [5.41, 5.74) is 0.639. The van der Waals surface area contributed by atoms with Gasteiger partial charge in [-0.3, -0.25) is 14.1 Å². The minimum atomic E-state index is -2.94. The average Bonchev–Trinajstić information content (AvgIpc) is 3.09. The monoisotopic (exact) mass is 447 g/mol. The van der Waals surface area contributed by atoms with E-state index in [0.717, 1.165) is 0 Å². The number of oxime groups is 1. The first-order chi connectivity index (χ1) is 13.6. The molecule has 0 saturated heterocycles. The molecule has 1 aromatic heterocycles. The number of likely N-dealkylation sites (N-methyl/N-ethyl adjacent to an activating group) is 1. The second-order valence-electron chi connectivity index (χ2n) is 6.07. The van der Waals surface area contributed by atoms with E-state index >= 15 is 0 Å². The Morgan fingerprint density at radius 3 is 2.86 bits per heavy atom. The van der Waals surface area contributed by atoms with Crippen LogP contribution in [0.4, 0.5) is 4.39 Å². The number of halogens is 2. The van der Waals surface area contributed by atoms with Gasteiger partial charge in [0.25, 0.3) is 5.88 Å². The summed E-state index contributed by atoms with van der Waals surface area (Å²) >= 11 is 5.75. The Morgan fingerprint density at radius 1 is 1.52 bits per heavy atom. The Labute approximate surface area is 171 Å². The third-order valence-electron chi connectivity index (χ3n) is 3.67. The first-order valence-corrected chi connectivity index (χ1v) is 10.4. The number of hydrogen-bond acceptors (Lipinski definition) is 8. The van der Waals surface area contributed by atoms with E-state index in [1.165, 1.54) is 30.1 Å². The van der Waals surface area contributed by atoms with Crippen molar-refractivity contribution in [2.45, 2.75) is 6.42 Å². The molecule has 0 aliphatic carbocycles. The third-order valence-corrected chi connectivity index (χ3v) is 4.69. The van der Waals surface area contributed by atoms with Gasteiger partial charge in [0.1, 0.15) is 23.9 Å². The zero-order valence-corrected chi connectivity index (χ0v) is 17.0. The molecule has 0 bridgehead atoms. The molecule has 1 amide bonds. The highest BCUT2D eigenvalue weighted by Crippen LogP contribution is 2.20. The van der Waals surface area contributed by atoms with Crippen molar-refractivity contribution in [3.05, 3.63) is 40.3 Å². The first-order valence-electron chi connectivity index (χ1n) is 8.08. The maximum Gasteiger partial charge on any atom is 0.285 e. The van der Waals surface area contributed by atoms with Crippen molar-refractivity contribution in [3.8, 4) is 5.88 Å². The van der Waals surface area contributed by atoms with Crippen molar-refractivity contribution in [2.24, 2.45) is 10.3 Å². The van der Waals surface area contributed by atoms with Crippen LogP contribution in [0.2, 0.25) is 5.02 Å². The van der Waals surface area contributed by atoms with Crippen LogP contribution in [-0.2, 0) is 20.9 Å². The molecule has 0 radical (unpaired) electrons. The second-order valence-corrected chi connectivity index (χ2v) is 8.50. The van der Waals surface area contributed by atoms with E-state index in [1.807, 2.05) is 0 Å². The van der Waals surface area contributed by atoms with Gasteiger partial charge in [0.15, 0.2) is 5.69 Å². The van der Waals surface area contributed by atoms with Crippen LogP contribution in [0, 0.1) is 5.82 Å². The Bertz CT molecular complexity index is 1010. The molecule has 0 spiro atoms. The SMILES string of the molecule is C=S(N)(=O)CC(=O)N(C)CCOc1nonc1C(Cc1ccc(F)c(Cl)c1)=NO. The number of hydrogen-bond donors (Lipinski definition) is 2. The molecule has 0 aliphatic heterocycles. The van der Waals surface area contributed by atoms with Crippen LogP contribution in [0.25, 0.3) is 0 Å². The molecule has 3 N–H and O–H groups in total. The van der Waals surface area contributed by atoms with E-state index in [2.05, 4.69) is 26.0 Å². The highest BCUT2D eigenvalue weighted by atomic mass is 35.5. The summed E-state index contributed by atoms with van der Waals surface area (Å²) in [4.78, 5) is 13.1. The normalized spacial score (nSPS) is 13.7. The summed E-state index contributed by atoms with van der Waals surface area (Å²) < 4.78 is 34.7. The maximum atomic E-state index is 13.3. The van der Waals surface area contributed by atoms with Crippen molar-refractivity contribution in [1.29, 1.82) is 0 Å². The van der Waals surface area contributed by atoms with E-state index in [-0.39, 0.29) is 47.6 Å². The number of carbonyl (C=O) groups excluding carboxylic acids is 1. The van der Waals surface area contributed by atoms with E-state index < -0.39 is 21.4 Å². The highest BCUT2D eigenvalue weighted by Gasteiger charge is 2.20. The van der Waals surface area contributed by atoms with Crippen molar-refractivity contribution < 1.29 is 28.0 Å². The molecule has 1 atom stereocenters. The Balaban J connectivity index is 2.00. The zero-order chi connectivity index (χ0) is 21.6. The minimum absolute atomic E-state index is 0.00650. The molecular formula is C16H19ClFN5O5S. The number of amides is 1. The summed E-state index contributed by atoms with van der Waals surface area (Å²) in [6.45, 7) is 0.118. The largest absolute Gasteiger partial charge is 0.472 e. The van der Waals surface area contributed by atoms with Crippen molar-refractivity contribution in [3.63, 3.8) is 0 Å². The number of carbonyl (C=O) groups is 1. The molecule has 2 rings (SSSR count). The lowest BCUT2D eigenvalue weighted by Crippen LogP contribution is -2.37. The number of ether oxygens (including phenoxy) is 1. The van der Waals surface area contributed by atoms with Crippen LogP contribution in [0.3, 0.4) is 0 Å². The third kappa shape index (κ3) is 6.69. The van der Waals surface area contributed by atoms with Crippen LogP contribution in [0.15, 0.2) is 28.0 Å². The maximum absolute atomic E-state index is 13.3. The molecule has 1 aromatic carbocycles. The van der Waals surface area contributed by atoms with Crippen LogP contribution in [0.1, 0.15) is 11.3 Å². The van der Waals surface area contributed by atoms with Gasteiger partial charge in [0.2, 0.25) is 5.91 Å². The second kappa shape index (κ2) is 9.67. The molecule has 2 aromatic rings. The van der Waals surface area contributed by atoms with Crippen LogP contribution in [0.5, 0.6) is 5.88 Å². The average molecular weight is 448 g/mol. The summed E-state index contributed by atoms with van der Waals surface area (Å²) in [5, 5.41) is 24.9. The van der Waals surface area contributed by atoms with Crippen molar-refractivity contribution in [2.75, 3.05) is 26.0 Å². The highest BCUT2D eigenvalue weighted by molar-refractivity contribution is 7.98. The fourth-order valence-electron chi connectivity index (χ4n) is 2.18. The van der Waals surface area contributed by atoms with Gasteiger partial charge in [0.05, 0.1) is 11.6 Å². The quantitative estimate of drug-likeness (QED) is 0.249. The summed E-state index contributed by atoms with van der Waals surface area (Å²) in [5.74, 6) is 1.74. The molecule has 0 saturated carbocycles. The first kappa shape index (κ1) is 22.6. The van der Waals surface area contributed by atoms with E-state index in [1.54, 1.807) is 0 Å². The fourth-order valence-corrected chi connectivity index (χ4v) is 3.03. The molecule has 1 unspecified atom stereocenters. The summed E-state index contributed by atoms with van der Waals surface area (Å²) in [6.07, 6.45) is 0.0494. The van der Waals surface area contributed by atoms with Gasteiger partial charge in [-0.15, -0.1) is 0 Å². The molecular weight excluding hydrogens is 429 g/mol. The van der Waals surface area contributed by atoms with Crippen LogP contribution >= 0.6 is 11.6 Å². The molecule has 1 heterocycles. The molecule has 158 valence electrons. The summed E-state index contributed by atoms with van der Waals surface area (Å²) in [7, 11) is -1.46. The molecule has 29 heavy (non-hydrogen) atoms. The standard InChI is InChI=1S/C16H19ClFN5O5S/c1-23(14(24)9-29(2,19)26)5-6-27-16-15(21-28-22-16)13(20-25)8-10-3-4-12(18)11(17)7-10/h3-4,7,25H,2,5-6,8-9H2,1H3,(H2,19,26). The Hall–Kier alpha value is -2.70. The molecule has 0 aliphatic rings. The number of benzene rings is 1. The lowest BCUT2D eigenvalue weighted by molar-refractivity contribution is -0.127. The lowest BCUT2D eigenvalue weighted by Gasteiger charge is -2.17. The van der Waals surface area contributed by atoms with Gasteiger partial charge in [0, 0.05) is 23.2 Å². The van der Waals surface area contributed by atoms with Gasteiger partial charge in [-0.1, -0.05) is 22.8 Å². The van der Waals surface area contributed by atoms with E-state index in [9.17, 15) is 18.6 Å². The lowest BCUT2D eigenvalue weighted by atomic mass is 10.1. The smallest absolute Gasteiger partial charge is 0.285 e. The topological polar surface area (TPSA) is 144 Å². The minimum Gasteiger partial charge on any atom is -0.472 e. The Kier molecular flexibility index (Phi) is 7.53. The summed E-state index contributed by atoms with van der Waals surface area (Å²) in [6, 6.07) is 4.04. The van der Waals surface area contributed by atoms with E-state index in [4.69, 9.17) is 21.5 Å². The van der Waals surface area contributed by atoms with Crippen LogP contribution in [-0.4, -0.2) is 68.1 Å². The van der Waals surface area contributed by atoms with Crippen molar-refractivity contribution in [1.82, 2.24) is 15.2 Å². The van der Waals surface area contributed by atoms with Gasteiger partial charge < -0.3 is 14.8 Å². The number of aromatic nitrogens is 2. The van der Waals surface area contributed by atoms with Gasteiger partial charge in [-0.25, -0.2) is 9.02 Å². The van der Waals surface area contributed by atoms with E-state index in [0.29, 0.717) is 5.56 Å². The predicted octanol–water partition coefficient (Wildman–Crippen LogP) is 0.710. The number of nitrogens with two attached hydrogens (primary N) is 1. The van der Waals surface area contributed by atoms with Crippen LogP contribution < -0.4 is 9.88 Å². The van der Waals surface area contributed by atoms with Gasteiger partial charge in [-0.05, 0) is 33.9 Å². The number of rotatable bonds is 9. The zero-order valence-electron chi connectivity index (χ0n) is 15.4. The molecule has 10 nitrogen and oxygen atoms in total. The predicted molar refractivity (Wildman–Crippen MR) is 105 cm³/mol. The number of nitrogens with zero attached hydrogens (tertiary/aromatic N) is 4. The molecule has 13 heteroatoms.